The quantitative estimate of drug-likeness (QED) is 0.170. The Labute approximate surface area is 194 Å². The summed E-state index contributed by atoms with van der Waals surface area (Å²) in [6.07, 6.45) is 5.17. The smallest absolute Gasteiger partial charge is 0.309 e. The Morgan fingerprint density at radius 3 is 2.52 bits per heavy atom. The molecule has 2 rings (SSSR count). The van der Waals surface area contributed by atoms with Gasteiger partial charge in [0, 0.05) is 11.3 Å². The first kappa shape index (κ1) is 25.3. The van der Waals surface area contributed by atoms with E-state index >= 15 is 0 Å². The van der Waals surface area contributed by atoms with E-state index in [4.69, 9.17) is 11.6 Å². The van der Waals surface area contributed by atoms with Crippen molar-refractivity contribution < 1.29 is 19.4 Å². The summed E-state index contributed by atoms with van der Waals surface area (Å²) in [6.45, 7) is 3.89. The fourth-order valence-corrected chi connectivity index (χ4v) is 4.76. The van der Waals surface area contributed by atoms with E-state index in [0.29, 0.717) is 17.0 Å². The Kier molecular flexibility index (Phi) is 10.4. The molecular formula is C25H31ClO4S. The number of carbonyl (C=O) groups is 2. The second-order valence-corrected chi connectivity index (χ2v) is 8.99. The molecule has 0 radical (unpaired) electrons. The first-order valence-electron chi connectivity index (χ1n) is 10.8. The number of carbonyl (C=O) groups excluding carboxylic acids is 2. The summed E-state index contributed by atoms with van der Waals surface area (Å²) in [5, 5.41) is 11.3. The van der Waals surface area contributed by atoms with Crippen molar-refractivity contribution >= 4 is 35.1 Å². The monoisotopic (exact) mass is 462 g/mol. The molecule has 2 aromatic carbocycles. The Morgan fingerprint density at radius 2 is 1.87 bits per heavy atom. The zero-order valence-electron chi connectivity index (χ0n) is 18.5. The highest BCUT2D eigenvalue weighted by Crippen LogP contribution is 2.31. The molecule has 4 nitrogen and oxygen atoms in total. The van der Waals surface area contributed by atoms with E-state index < -0.39 is 0 Å². The van der Waals surface area contributed by atoms with Crippen molar-refractivity contribution in [2.24, 2.45) is 0 Å². The number of aromatic hydroxyl groups is 1. The zero-order chi connectivity index (χ0) is 22.8. The number of hydrogen-bond acceptors (Lipinski definition) is 5. The molecule has 0 unspecified atom stereocenters. The zero-order valence-corrected chi connectivity index (χ0v) is 20.1. The van der Waals surface area contributed by atoms with Gasteiger partial charge in [0.2, 0.25) is 0 Å². The van der Waals surface area contributed by atoms with E-state index in [1.54, 1.807) is 17.8 Å². The Hall–Kier alpha value is -1.98. The van der Waals surface area contributed by atoms with Crippen LogP contribution >= 0.6 is 23.4 Å². The van der Waals surface area contributed by atoms with Crippen molar-refractivity contribution in [1.29, 1.82) is 0 Å². The number of phenols is 1. The summed E-state index contributed by atoms with van der Waals surface area (Å²) in [5.74, 6) is 0.793. The molecule has 0 aliphatic carbocycles. The van der Waals surface area contributed by atoms with Crippen molar-refractivity contribution in [1.82, 2.24) is 0 Å². The molecule has 0 saturated carbocycles. The van der Waals surface area contributed by atoms with Crippen LogP contribution in [0.4, 0.5) is 0 Å². The van der Waals surface area contributed by atoms with Crippen LogP contribution < -0.4 is 0 Å². The summed E-state index contributed by atoms with van der Waals surface area (Å²) >= 11 is 8.06. The van der Waals surface area contributed by atoms with Crippen LogP contribution in [0.3, 0.4) is 0 Å². The van der Waals surface area contributed by atoms with Crippen LogP contribution in [0.25, 0.3) is 0 Å². The summed E-state index contributed by atoms with van der Waals surface area (Å²) in [7, 11) is 1.37. The molecule has 0 atom stereocenters. The average Bonchev–Trinajstić information content (AvgIpc) is 2.76. The molecule has 0 amide bonds. The van der Waals surface area contributed by atoms with Crippen molar-refractivity contribution in [2.45, 2.75) is 63.7 Å². The van der Waals surface area contributed by atoms with Crippen LogP contribution in [0.2, 0.25) is 5.02 Å². The number of Topliss-reactive ketones (excluding diaryl/α,β-unsaturated/α-hetero) is 1. The van der Waals surface area contributed by atoms with Crippen LogP contribution in [0.5, 0.6) is 5.75 Å². The lowest BCUT2D eigenvalue weighted by Gasteiger charge is -2.14. The van der Waals surface area contributed by atoms with Crippen molar-refractivity contribution in [2.75, 3.05) is 12.9 Å². The van der Waals surface area contributed by atoms with E-state index in [1.807, 2.05) is 31.2 Å². The van der Waals surface area contributed by atoms with Crippen molar-refractivity contribution in [3.05, 3.63) is 57.6 Å². The normalized spacial score (nSPS) is 10.8. The molecule has 0 bridgehead atoms. The van der Waals surface area contributed by atoms with Gasteiger partial charge in [-0.2, -0.15) is 0 Å². The first-order chi connectivity index (χ1) is 14.9. The maximum atomic E-state index is 12.1. The minimum absolute atomic E-state index is 0.0210. The molecule has 168 valence electrons. The molecule has 0 fully saturated rings. The number of unbranched alkanes of at least 4 members (excludes halogenated alkanes) is 1. The highest BCUT2D eigenvalue weighted by Gasteiger charge is 2.16. The minimum atomic E-state index is -0.281. The van der Waals surface area contributed by atoms with Gasteiger partial charge in [-0.05, 0) is 66.3 Å². The number of ketones is 1. The van der Waals surface area contributed by atoms with E-state index in [1.165, 1.54) is 7.11 Å². The fraction of sp³-hybridized carbons (Fsp3) is 0.440. The number of thioether (sulfide) groups is 1. The van der Waals surface area contributed by atoms with E-state index in [9.17, 15) is 14.7 Å². The highest BCUT2D eigenvalue weighted by atomic mass is 35.5. The predicted octanol–water partition coefficient (Wildman–Crippen LogP) is 6.42. The largest absolute Gasteiger partial charge is 0.507 e. The fourth-order valence-electron chi connectivity index (χ4n) is 3.47. The van der Waals surface area contributed by atoms with Crippen LogP contribution in [-0.2, 0) is 28.8 Å². The molecule has 0 aliphatic heterocycles. The minimum Gasteiger partial charge on any atom is -0.507 e. The Bertz CT molecular complexity index is 911. The van der Waals surface area contributed by atoms with Gasteiger partial charge in [-0.25, -0.2) is 0 Å². The number of ether oxygens (including phenoxy) is 1. The first-order valence-corrected chi connectivity index (χ1v) is 12.1. The van der Waals surface area contributed by atoms with Gasteiger partial charge < -0.3 is 9.84 Å². The number of hydrogen-bond donors (Lipinski definition) is 1. The standard InChI is InChI=1S/C25H31ClO4S/c1-4-8-19-18(11-12-20(25(19)29)22(27)5-2)9-6-7-14-31-23-13-10-17(15-21(23)26)16-24(28)30-3/h10-13,15,29H,4-9,14,16H2,1-3H3. The molecule has 0 saturated heterocycles. The number of aryl methyl sites for hydroxylation is 1. The number of rotatable bonds is 12. The maximum absolute atomic E-state index is 12.1. The molecule has 0 aliphatic rings. The van der Waals surface area contributed by atoms with Gasteiger partial charge in [0.1, 0.15) is 5.75 Å². The third kappa shape index (κ3) is 7.29. The third-order valence-corrected chi connectivity index (χ3v) is 6.76. The lowest BCUT2D eigenvalue weighted by molar-refractivity contribution is -0.139. The SMILES string of the molecule is CCCc1c(CCCCSc2ccc(CC(=O)OC)cc2Cl)ccc(C(=O)CC)c1O. The molecule has 1 N–H and O–H groups in total. The van der Waals surface area contributed by atoms with E-state index in [2.05, 4.69) is 11.7 Å². The van der Waals surface area contributed by atoms with E-state index in [0.717, 1.165) is 59.4 Å². The second-order valence-electron chi connectivity index (χ2n) is 7.45. The van der Waals surface area contributed by atoms with Crippen LogP contribution in [0.1, 0.15) is 66.6 Å². The molecule has 0 heterocycles. The topological polar surface area (TPSA) is 63.6 Å². The lowest BCUT2D eigenvalue weighted by Crippen LogP contribution is -2.04. The van der Waals surface area contributed by atoms with Gasteiger partial charge in [0.05, 0.1) is 24.1 Å². The van der Waals surface area contributed by atoms with Crippen LogP contribution in [-0.4, -0.2) is 29.7 Å². The van der Waals surface area contributed by atoms with Crippen LogP contribution in [0, 0.1) is 0 Å². The highest BCUT2D eigenvalue weighted by molar-refractivity contribution is 7.99. The maximum Gasteiger partial charge on any atom is 0.309 e. The number of esters is 1. The molecule has 0 spiro atoms. The van der Waals surface area contributed by atoms with Crippen molar-refractivity contribution in [3.8, 4) is 5.75 Å². The lowest BCUT2D eigenvalue weighted by atomic mass is 9.93. The summed E-state index contributed by atoms with van der Waals surface area (Å²) in [5.41, 5.74) is 3.32. The van der Waals surface area contributed by atoms with E-state index in [-0.39, 0.29) is 23.9 Å². The van der Waals surface area contributed by atoms with Crippen molar-refractivity contribution in [3.63, 3.8) is 0 Å². The molecule has 6 heteroatoms. The molecule has 31 heavy (non-hydrogen) atoms. The van der Waals surface area contributed by atoms with Gasteiger partial charge in [0.25, 0.3) is 0 Å². The number of benzene rings is 2. The summed E-state index contributed by atoms with van der Waals surface area (Å²) in [6, 6.07) is 9.44. The van der Waals surface area contributed by atoms with Gasteiger partial charge in [0.15, 0.2) is 5.78 Å². The van der Waals surface area contributed by atoms with Crippen LogP contribution in [0.15, 0.2) is 35.2 Å². The number of phenolic OH excluding ortho intramolecular Hbond substituents is 1. The van der Waals surface area contributed by atoms with Gasteiger partial charge >= 0.3 is 5.97 Å². The Morgan fingerprint density at radius 1 is 1.10 bits per heavy atom. The molecule has 2 aromatic rings. The summed E-state index contributed by atoms with van der Waals surface area (Å²) in [4.78, 5) is 24.4. The summed E-state index contributed by atoms with van der Waals surface area (Å²) < 4.78 is 4.69. The van der Waals surface area contributed by atoms with Gasteiger partial charge in [-0.15, -0.1) is 11.8 Å². The predicted molar refractivity (Wildman–Crippen MR) is 128 cm³/mol. The second kappa shape index (κ2) is 12.8. The average molecular weight is 463 g/mol. The molecular weight excluding hydrogens is 432 g/mol. The number of methoxy groups -OCH3 is 1. The van der Waals surface area contributed by atoms with Gasteiger partial charge in [-0.3, -0.25) is 9.59 Å². The third-order valence-electron chi connectivity index (χ3n) is 5.17. The number of halogens is 1. The Balaban J connectivity index is 1.91. The molecule has 0 aromatic heterocycles. The van der Waals surface area contributed by atoms with Gasteiger partial charge in [-0.1, -0.05) is 44.0 Å².